The quantitative estimate of drug-likeness (QED) is 0.854. The van der Waals surface area contributed by atoms with Crippen LogP contribution in [0.4, 0.5) is 5.95 Å². The Morgan fingerprint density at radius 3 is 2.27 bits per heavy atom. The summed E-state index contributed by atoms with van der Waals surface area (Å²) in [5, 5.41) is 0. The van der Waals surface area contributed by atoms with E-state index in [9.17, 15) is 4.79 Å². The minimum absolute atomic E-state index is 0.0327. The van der Waals surface area contributed by atoms with E-state index in [-0.39, 0.29) is 23.9 Å². The van der Waals surface area contributed by atoms with E-state index in [1.165, 1.54) is 7.11 Å². The summed E-state index contributed by atoms with van der Waals surface area (Å²) in [6, 6.07) is 7.10. The highest BCUT2D eigenvalue weighted by atomic mass is 16.5. The lowest BCUT2D eigenvalue weighted by molar-refractivity contribution is 0.0641. The van der Waals surface area contributed by atoms with Gasteiger partial charge in [-0.1, -0.05) is 12.1 Å². The standard InChI is InChI=1S/C19H26N4O3/c1-11(2)23(12(3)4)18(24)17-13(8-7-9-15(17)25-5)14-10-16(26-6)22-19(20)21-14/h7-12H,1-6H3,(H2,20,21,22). The SMILES string of the molecule is COc1cc(-c2cccc(OC)c2C(=O)N(C(C)C)C(C)C)nc(N)n1. The van der Waals surface area contributed by atoms with Crippen molar-refractivity contribution in [3.8, 4) is 22.9 Å². The molecule has 0 fully saturated rings. The number of nitrogens with zero attached hydrogens (tertiary/aromatic N) is 3. The van der Waals surface area contributed by atoms with E-state index in [2.05, 4.69) is 9.97 Å². The Morgan fingerprint density at radius 1 is 1.08 bits per heavy atom. The van der Waals surface area contributed by atoms with Crippen LogP contribution in [-0.2, 0) is 0 Å². The Balaban J connectivity index is 2.70. The Morgan fingerprint density at radius 2 is 1.73 bits per heavy atom. The van der Waals surface area contributed by atoms with E-state index in [1.54, 1.807) is 19.2 Å². The van der Waals surface area contributed by atoms with Gasteiger partial charge in [-0.3, -0.25) is 4.79 Å². The number of hydrogen-bond donors (Lipinski definition) is 1. The molecule has 2 N–H and O–H groups in total. The highest BCUT2D eigenvalue weighted by Gasteiger charge is 2.28. The predicted molar refractivity (Wildman–Crippen MR) is 101 cm³/mol. The van der Waals surface area contributed by atoms with Crippen molar-refractivity contribution in [3.05, 3.63) is 29.8 Å². The van der Waals surface area contributed by atoms with Gasteiger partial charge < -0.3 is 20.1 Å². The van der Waals surface area contributed by atoms with Crippen molar-refractivity contribution in [2.75, 3.05) is 20.0 Å². The smallest absolute Gasteiger partial charge is 0.258 e. The molecule has 0 aliphatic heterocycles. The molecule has 2 aromatic rings. The molecule has 1 amide bonds. The molecule has 0 aliphatic carbocycles. The molecule has 0 saturated carbocycles. The average molecular weight is 358 g/mol. The highest BCUT2D eigenvalue weighted by molar-refractivity contribution is 6.03. The summed E-state index contributed by atoms with van der Waals surface area (Å²) in [5.41, 5.74) is 7.36. The molecular formula is C19H26N4O3. The Bertz CT molecular complexity index is 782. The average Bonchev–Trinajstić information content (AvgIpc) is 2.59. The van der Waals surface area contributed by atoms with Crippen LogP contribution in [0.3, 0.4) is 0 Å². The number of aromatic nitrogens is 2. The highest BCUT2D eigenvalue weighted by Crippen LogP contribution is 2.33. The molecule has 140 valence electrons. The van der Waals surface area contributed by atoms with Gasteiger partial charge >= 0.3 is 0 Å². The summed E-state index contributed by atoms with van der Waals surface area (Å²) in [4.78, 5) is 23.5. The maximum Gasteiger partial charge on any atom is 0.258 e. The molecule has 26 heavy (non-hydrogen) atoms. The normalized spacial score (nSPS) is 10.9. The minimum atomic E-state index is -0.126. The van der Waals surface area contributed by atoms with Gasteiger partial charge in [0.05, 0.1) is 25.5 Å². The molecule has 1 heterocycles. The molecule has 1 aromatic carbocycles. The number of hydrogen-bond acceptors (Lipinski definition) is 6. The van der Waals surface area contributed by atoms with Gasteiger partial charge in [-0.25, -0.2) is 4.98 Å². The fourth-order valence-corrected chi connectivity index (χ4v) is 3.02. The first-order chi connectivity index (χ1) is 12.3. The van der Waals surface area contributed by atoms with Crippen molar-refractivity contribution in [2.45, 2.75) is 39.8 Å². The number of anilines is 1. The lowest BCUT2D eigenvalue weighted by atomic mass is 10.0. The number of nitrogens with two attached hydrogens (primary N) is 1. The summed E-state index contributed by atoms with van der Waals surface area (Å²) >= 11 is 0. The van der Waals surface area contributed by atoms with Crippen molar-refractivity contribution < 1.29 is 14.3 Å². The lowest BCUT2D eigenvalue weighted by Crippen LogP contribution is -2.42. The first-order valence-electron chi connectivity index (χ1n) is 8.48. The second kappa shape index (κ2) is 8.03. The number of carbonyl (C=O) groups is 1. The zero-order valence-electron chi connectivity index (χ0n) is 16.1. The molecule has 0 spiro atoms. The van der Waals surface area contributed by atoms with Gasteiger partial charge in [-0.05, 0) is 33.8 Å². The van der Waals surface area contributed by atoms with Gasteiger partial charge in [-0.2, -0.15) is 4.98 Å². The van der Waals surface area contributed by atoms with Crippen LogP contribution in [0.5, 0.6) is 11.6 Å². The zero-order valence-corrected chi connectivity index (χ0v) is 16.1. The third-order valence-corrected chi connectivity index (χ3v) is 4.01. The monoisotopic (exact) mass is 358 g/mol. The molecule has 1 aromatic heterocycles. The van der Waals surface area contributed by atoms with E-state index in [1.807, 2.05) is 44.7 Å². The van der Waals surface area contributed by atoms with Gasteiger partial charge in [0.15, 0.2) is 0 Å². The molecule has 7 heteroatoms. The summed E-state index contributed by atoms with van der Waals surface area (Å²) in [6.45, 7) is 7.94. The molecule has 0 bridgehead atoms. The van der Waals surface area contributed by atoms with Crippen molar-refractivity contribution in [1.82, 2.24) is 14.9 Å². The Hall–Kier alpha value is -2.83. The molecular weight excluding hydrogens is 332 g/mol. The van der Waals surface area contributed by atoms with Crippen LogP contribution in [0.15, 0.2) is 24.3 Å². The van der Waals surface area contributed by atoms with Crippen LogP contribution in [0.1, 0.15) is 38.1 Å². The van der Waals surface area contributed by atoms with Crippen LogP contribution < -0.4 is 15.2 Å². The van der Waals surface area contributed by atoms with E-state index >= 15 is 0 Å². The largest absolute Gasteiger partial charge is 0.496 e. The number of amides is 1. The molecule has 0 saturated heterocycles. The topological polar surface area (TPSA) is 90.6 Å². The fraction of sp³-hybridized carbons (Fsp3) is 0.421. The molecule has 7 nitrogen and oxygen atoms in total. The van der Waals surface area contributed by atoms with Crippen LogP contribution >= 0.6 is 0 Å². The second-order valence-electron chi connectivity index (χ2n) is 6.44. The maximum absolute atomic E-state index is 13.4. The molecule has 0 aliphatic rings. The zero-order chi connectivity index (χ0) is 19.4. The van der Waals surface area contributed by atoms with Crippen molar-refractivity contribution in [3.63, 3.8) is 0 Å². The van der Waals surface area contributed by atoms with Crippen LogP contribution in [-0.4, -0.2) is 47.1 Å². The number of rotatable bonds is 6. The number of benzene rings is 1. The second-order valence-corrected chi connectivity index (χ2v) is 6.44. The van der Waals surface area contributed by atoms with E-state index in [0.717, 1.165) is 0 Å². The molecule has 0 unspecified atom stereocenters. The number of ether oxygens (including phenoxy) is 2. The number of methoxy groups -OCH3 is 2. The Kier molecular flexibility index (Phi) is 6.02. The van der Waals surface area contributed by atoms with E-state index < -0.39 is 0 Å². The third-order valence-electron chi connectivity index (χ3n) is 4.01. The first-order valence-corrected chi connectivity index (χ1v) is 8.48. The van der Waals surface area contributed by atoms with Gasteiger partial charge in [0.1, 0.15) is 5.75 Å². The Labute approximate surface area is 154 Å². The lowest BCUT2D eigenvalue weighted by Gasteiger charge is -2.32. The minimum Gasteiger partial charge on any atom is -0.496 e. The van der Waals surface area contributed by atoms with Gasteiger partial charge in [-0.15, -0.1) is 0 Å². The summed E-state index contributed by atoms with van der Waals surface area (Å²) in [6.07, 6.45) is 0. The first kappa shape index (κ1) is 19.5. The fourth-order valence-electron chi connectivity index (χ4n) is 3.02. The van der Waals surface area contributed by atoms with Crippen LogP contribution in [0.25, 0.3) is 11.3 Å². The van der Waals surface area contributed by atoms with Crippen molar-refractivity contribution in [1.29, 1.82) is 0 Å². The number of nitrogen functional groups attached to an aromatic ring is 1. The van der Waals surface area contributed by atoms with E-state index in [4.69, 9.17) is 15.2 Å². The summed E-state index contributed by atoms with van der Waals surface area (Å²) < 4.78 is 10.7. The molecule has 0 atom stereocenters. The summed E-state index contributed by atoms with van der Waals surface area (Å²) in [7, 11) is 3.04. The maximum atomic E-state index is 13.4. The van der Waals surface area contributed by atoms with E-state index in [0.29, 0.717) is 28.5 Å². The third kappa shape index (κ3) is 3.87. The van der Waals surface area contributed by atoms with Crippen LogP contribution in [0.2, 0.25) is 0 Å². The molecule has 2 rings (SSSR count). The van der Waals surface area contributed by atoms with Gasteiger partial charge in [0.2, 0.25) is 11.8 Å². The van der Waals surface area contributed by atoms with Gasteiger partial charge in [0, 0.05) is 23.7 Å². The predicted octanol–water partition coefficient (Wildman–Crippen LogP) is 3.00. The molecule has 0 radical (unpaired) electrons. The summed E-state index contributed by atoms with van der Waals surface area (Å²) in [5.74, 6) is 0.761. The van der Waals surface area contributed by atoms with Crippen molar-refractivity contribution in [2.24, 2.45) is 0 Å². The van der Waals surface area contributed by atoms with Crippen LogP contribution in [0, 0.1) is 0 Å². The van der Waals surface area contributed by atoms with Gasteiger partial charge in [0.25, 0.3) is 5.91 Å². The number of carbonyl (C=O) groups excluding carboxylic acids is 1. The van der Waals surface area contributed by atoms with Crippen molar-refractivity contribution >= 4 is 11.9 Å².